The van der Waals surface area contributed by atoms with Gasteiger partial charge in [0.15, 0.2) is 5.78 Å². The van der Waals surface area contributed by atoms with Gasteiger partial charge in [0, 0.05) is 36.2 Å². The molecule has 0 radical (unpaired) electrons. The summed E-state index contributed by atoms with van der Waals surface area (Å²) >= 11 is 0. The van der Waals surface area contributed by atoms with E-state index in [1.54, 1.807) is 7.11 Å². The third-order valence-electron chi connectivity index (χ3n) is 5.65. The number of carbonyl (C=O) groups is 1. The minimum Gasteiger partial charge on any atom is -0.381 e. The zero-order valence-electron chi connectivity index (χ0n) is 15.6. The number of rotatable bonds is 6. The van der Waals surface area contributed by atoms with Crippen molar-refractivity contribution >= 4 is 5.78 Å². The molecule has 25 heavy (non-hydrogen) atoms. The maximum atomic E-state index is 12.8. The van der Waals surface area contributed by atoms with Crippen LogP contribution in [0.3, 0.4) is 0 Å². The molecule has 134 valence electrons. The summed E-state index contributed by atoms with van der Waals surface area (Å²) in [5.41, 5.74) is 4.17. The van der Waals surface area contributed by atoms with E-state index in [4.69, 9.17) is 4.74 Å². The molecule has 1 aliphatic carbocycles. The Bertz CT molecular complexity index is 709. The second-order valence-corrected chi connectivity index (χ2v) is 7.30. The summed E-state index contributed by atoms with van der Waals surface area (Å²) in [6.45, 7) is 4.12. The predicted octanol–water partition coefficient (Wildman–Crippen LogP) is 5.26. The van der Waals surface area contributed by atoms with Crippen LogP contribution in [0, 0.1) is 19.8 Å². The van der Waals surface area contributed by atoms with Crippen molar-refractivity contribution in [2.75, 3.05) is 7.11 Å². The van der Waals surface area contributed by atoms with Gasteiger partial charge in [0.25, 0.3) is 0 Å². The van der Waals surface area contributed by atoms with Gasteiger partial charge in [0.1, 0.15) is 0 Å². The zero-order valence-corrected chi connectivity index (χ0v) is 15.6. The first-order valence-electron chi connectivity index (χ1n) is 9.40. The summed E-state index contributed by atoms with van der Waals surface area (Å²) < 4.78 is 7.62. The fraction of sp³-hybridized carbons (Fsp3) is 0.500. The molecule has 0 spiro atoms. The normalized spacial score (nSPS) is 20.6. The summed E-state index contributed by atoms with van der Waals surface area (Å²) in [6.07, 6.45) is 6.74. The van der Waals surface area contributed by atoms with Gasteiger partial charge in [-0.05, 0) is 70.1 Å². The number of ketones is 1. The molecule has 3 heteroatoms. The van der Waals surface area contributed by atoms with Crippen molar-refractivity contribution < 1.29 is 9.53 Å². The molecule has 0 bridgehead atoms. The first-order chi connectivity index (χ1) is 12.1. The Morgan fingerprint density at radius 1 is 1.12 bits per heavy atom. The molecular weight excluding hydrogens is 310 g/mol. The molecule has 1 fully saturated rings. The van der Waals surface area contributed by atoms with E-state index in [0.29, 0.717) is 18.4 Å². The SMILES string of the molecule is COC1CCC(CCC(=O)c2cc(C)n(-c3ccccc3)c2C)CC1. The number of carbonyl (C=O) groups excluding carboxylic acids is 1. The van der Waals surface area contributed by atoms with Crippen LogP contribution < -0.4 is 0 Å². The first-order valence-corrected chi connectivity index (χ1v) is 9.40. The van der Waals surface area contributed by atoms with Gasteiger partial charge in [0.05, 0.1) is 6.10 Å². The molecule has 1 aliphatic rings. The van der Waals surface area contributed by atoms with E-state index in [-0.39, 0.29) is 5.78 Å². The average molecular weight is 339 g/mol. The fourth-order valence-corrected chi connectivity index (χ4v) is 4.15. The smallest absolute Gasteiger partial charge is 0.164 e. The molecule has 0 atom stereocenters. The average Bonchev–Trinajstić information content (AvgIpc) is 2.95. The number of nitrogens with zero attached hydrogens (tertiary/aromatic N) is 1. The van der Waals surface area contributed by atoms with Crippen molar-refractivity contribution in [3.63, 3.8) is 0 Å². The fourth-order valence-electron chi connectivity index (χ4n) is 4.15. The number of para-hydroxylation sites is 1. The van der Waals surface area contributed by atoms with Crippen molar-refractivity contribution in [1.82, 2.24) is 4.57 Å². The molecule has 1 saturated carbocycles. The molecule has 0 amide bonds. The summed E-state index contributed by atoms with van der Waals surface area (Å²) in [4.78, 5) is 12.8. The highest BCUT2D eigenvalue weighted by atomic mass is 16.5. The van der Waals surface area contributed by atoms with Crippen LogP contribution in [0.25, 0.3) is 5.69 Å². The van der Waals surface area contributed by atoms with Crippen LogP contribution in [-0.4, -0.2) is 23.6 Å². The maximum Gasteiger partial charge on any atom is 0.164 e. The largest absolute Gasteiger partial charge is 0.381 e. The first kappa shape index (κ1) is 17.9. The number of aryl methyl sites for hydroxylation is 1. The van der Waals surface area contributed by atoms with Crippen LogP contribution in [0.4, 0.5) is 0 Å². The Labute approximate surface area is 151 Å². The van der Waals surface area contributed by atoms with E-state index in [2.05, 4.69) is 30.5 Å². The maximum absolute atomic E-state index is 12.8. The van der Waals surface area contributed by atoms with Crippen LogP contribution >= 0.6 is 0 Å². The van der Waals surface area contributed by atoms with Gasteiger partial charge in [-0.3, -0.25) is 4.79 Å². The lowest BCUT2D eigenvalue weighted by atomic mass is 9.84. The molecule has 0 unspecified atom stereocenters. The van der Waals surface area contributed by atoms with E-state index in [1.165, 1.54) is 12.8 Å². The van der Waals surface area contributed by atoms with E-state index in [0.717, 1.165) is 41.9 Å². The van der Waals surface area contributed by atoms with Crippen molar-refractivity contribution in [2.45, 2.75) is 58.5 Å². The number of hydrogen-bond donors (Lipinski definition) is 0. The second kappa shape index (κ2) is 8.01. The van der Waals surface area contributed by atoms with Crippen LogP contribution in [-0.2, 0) is 4.74 Å². The summed E-state index contributed by atoms with van der Waals surface area (Å²) in [6, 6.07) is 12.3. The van der Waals surface area contributed by atoms with Gasteiger partial charge in [-0.2, -0.15) is 0 Å². The topological polar surface area (TPSA) is 31.2 Å². The zero-order chi connectivity index (χ0) is 17.8. The number of ether oxygens (including phenoxy) is 1. The Morgan fingerprint density at radius 3 is 2.44 bits per heavy atom. The van der Waals surface area contributed by atoms with Crippen molar-refractivity contribution in [3.8, 4) is 5.69 Å². The third kappa shape index (κ3) is 4.04. The van der Waals surface area contributed by atoms with Gasteiger partial charge < -0.3 is 9.30 Å². The van der Waals surface area contributed by atoms with Crippen LogP contribution in [0.5, 0.6) is 0 Å². The summed E-state index contributed by atoms with van der Waals surface area (Å²) in [5.74, 6) is 0.956. The Hall–Kier alpha value is -1.87. The highest BCUT2D eigenvalue weighted by Crippen LogP contribution is 2.30. The predicted molar refractivity (Wildman–Crippen MR) is 102 cm³/mol. The number of Topliss-reactive ketones (excluding diaryl/α,β-unsaturated/α-hetero) is 1. The second-order valence-electron chi connectivity index (χ2n) is 7.30. The minimum atomic E-state index is 0.282. The standard InChI is InChI=1S/C22H29NO2/c1-16-15-21(17(2)23(16)19-7-5-4-6-8-19)22(24)14-11-18-9-12-20(25-3)13-10-18/h4-8,15,18,20H,9-14H2,1-3H3. The monoisotopic (exact) mass is 339 g/mol. The molecule has 0 N–H and O–H groups in total. The molecule has 0 aliphatic heterocycles. The van der Waals surface area contributed by atoms with Crippen LogP contribution in [0.1, 0.15) is 60.3 Å². The van der Waals surface area contributed by atoms with Gasteiger partial charge >= 0.3 is 0 Å². The highest BCUT2D eigenvalue weighted by molar-refractivity contribution is 5.97. The Balaban J connectivity index is 1.65. The van der Waals surface area contributed by atoms with Gasteiger partial charge in [-0.1, -0.05) is 18.2 Å². The number of aromatic nitrogens is 1. The molecule has 3 nitrogen and oxygen atoms in total. The summed E-state index contributed by atoms with van der Waals surface area (Å²) in [5, 5.41) is 0. The number of methoxy groups -OCH3 is 1. The van der Waals surface area contributed by atoms with Crippen molar-refractivity contribution in [1.29, 1.82) is 0 Å². The molecule has 1 heterocycles. The Kier molecular flexibility index (Phi) is 5.74. The van der Waals surface area contributed by atoms with Gasteiger partial charge in [-0.15, -0.1) is 0 Å². The molecular formula is C22H29NO2. The van der Waals surface area contributed by atoms with E-state index in [9.17, 15) is 4.79 Å². The Morgan fingerprint density at radius 2 is 1.80 bits per heavy atom. The molecule has 3 rings (SSSR count). The molecule has 1 aromatic heterocycles. The molecule has 1 aromatic carbocycles. The lowest BCUT2D eigenvalue weighted by molar-refractivity contribution is 0.0549. The number of hydrogen-bond acceptors (Lipinski definition) is 2. The van der Waals surface area contributed by atoms with Crippen molar-refractivity contribution in [3.05, 3.63) is 53.3 Å². The molecule has 0 saturated heterocycles. The minimum absolute atomic E-state index is 0.282. The molecule has 2 aromatic rings. The lowest BCUT2D eigenvalue weighted by Gasteiger charge is -2.27. The van der Waals surface area contributed by atoms with Crippen LogP contribution in [0.15, 0.2) is 36.4 Å². The van der Waals surface area contributed by atoms with E-state index in [1.807, 2.05) is 24.3 Å². The highest BCUT2D eigenvalue weighted by Gasteiger charge is 2.23. The quantitative estimate of drug-likeness (QED) is 0.672. The van der Waals surface area contributed by atoms with Gasteiger partial charge in [-0.25, -0.2) is 0 Å². The van der Waals surface area contributed by atoms with E-state index >= 15 is 0 Å². The van der Waals surface area contributed by atoms with Gasteiger partial charge in [0.2, 0.25) is 0 Å². The van der Waals surface area contributed by atoms with Crippen molar-refractivity contribution in [2.24, 2.45) is 5.92 Å². The van der Waals surface area contributed by atoms with E-state index < -0.39 is 0 Å². The summed E-state index contributed by atoms with van der Waals surface area (Å²) in [7, 11) is 1.80. The lowest BCUT2D eigenvalue weighted by Crippen LogP contribution is -2.20. The number of benzene rings is 1. The third-order valence-corrected chi connectivity index (χ3v) is 5.65. The van der Waals surface area contributed by atoms with Crippen LogP contribution in [0.2, 0.25) is 0 Å².